The number of aliphatic hydroxyl groups excluding tert-OH is 1. The first kappa shape index (κ1) is 7.98. The van der Waals surface area contributed by atoms with Gasteiger partial charge in [-0.15, -0.1) is 0 Å². The van der Waals surface area contributed by atoms with Crippen molar-refractivity contribution >= 4 is 0 Å². The fourth-order valence-electron chi connectivity index (χ4n) is 1.49. The van der Waals surface area contributed by atoms with E-state index in [4.69, 9.17) is 11.5 Å². The Kier molecular flexibility index (Phi) is 2.65. The molecule has 1 rings (SSSR count). The van der Waals surface area contributed by atoms with Gasteiger partial charge in [-0.05, 0) is 31.7 Å². The molecule has 1 fully saturated rings. The number of nitrogens with two attached hydrogens (primary N) is 2. The summed E-state index contributed by atoms with van der Waals surface area (Å²) in [7, 11) is 0. The SMILES string of the molecule is NCC1CCC(O)C(N)C1. The van der Waals surface area contributed by atoms with E-state index in [1.54, 1.807) is 0 Å². The van der Waals surface area contributed by atoms with Crippen LogP contribution < -0.4 is 11.5 Å². The molecule has 0 saturated heterocycles. The topological polar surface area (TPSA) is 72.3 Å². The van der Waals surface area contributed by atoms with Crippen LogP contribution >= 0.6 is 0 Å². The normalized spacial score (nSPS) is 41.7. The van der Waals surface area contributed by atoms with E-state index in [-0.39, 0.29) is 12.1 Å². The van der Waals surface area contributed by atoms with Crippen LogP contribution in [0.4, 0.5) is 0 Å². The average molecular weight is 144 g/mol. The van der Waals surface area contributed by atoms with Gasteiger partial charge >= 0.3 is 0 Å². The molecule has 1 aliphatic rings. The maximum absolute atomic E-state index is 9.23. The molecule has 0 aromatic carbocycles. The highest BCUT2D eigenvalue weighted by molar-refractivity contribution is 4.82. The highest BCUT2D eigenvalue weighted by atomic mass is 16.3. The van der Waals surface area contributed by atoms with E-state index in [2.05, 4.69) is 0 Å². The van der Waals surface area contributed by atoms with E-state index in [1.807, 2.05) is 0 Å². The minimum atomic E-state index is -0.289. The summed E-state index contributed by atoms with van der Waals surface area (Å²) in [6.45, 7) is 0.709. The first-order valence-electron chi connectivity index (χ1n) is 3.87. The van der Waals surface area contributed by atoms with Crippen LogP contribution in [0.2, 0.25) is 0 Å². The lowest BCUT2D eigenvalue weighted by Crippen LogP contribution is -2.42. The standard InChI is InChI=1S/C7H16N2O/c8-4-5-1-2-7(10)6(9)3-5/h5-7,10H,1-4,8-9H2. The number of rotatable bonds is 1. The van der Waals surface area contributed by atoms with Gasteiger partial charge < -0.3 is 16.6 Å². The predicted octanol–water partition coefficient (Wildman–Crippen LogP) is -0.567. The van der Waals surface area contributed by atoms with Gasteiger partial charge in [0.2, 0.25) is 0 Å². The lowest BCUT2D eigenvalue weighted by atomic mass is 9.84. The minimum absolute atomic E-state index is 0.0395. The van der Waals surface area contributed by atoms with Gasteiger partial charge in [-0.3, -0.25) is 0 Å². The van der Waals surface area contributed by atoms with Crippen molar-refractivity contribution < 1.29 is 5.11 Å². The van der Waals surface area contributed by atoms with Crippen molar-refractivity contribution in [2.75, 3.05) is 6.54 Å². The molecule has 0 aromatic rings. The van der Waals surface area contributed by atoms with E-state index in [0.29, 0.717) is 12.5 Å². The van der Waals surface area contributed by atoms with Crippen LogP contribution in [-0.4, -0.2) is 23.8 Å². The lowest BCUT2D eigenvalue weighted by molar-refractivity contribution is 0.0885. The van der Waals surface area contributed by atoms with Crippen LogP contribution in [0, 0.1) is 5.92 Å². The zero-order chi connectivity index (χ0) is 7.56. The Bertz CT molecular complexity index is 108. The summed E-state index contributed by atoms with van der Waals surface area (Å²) in [4.78, 5) is 0. The van der Waals surface area contributed by atoms with Crippen molar-refractivity contribution in [3.05, 3.63) is 0 Å². The first-order chi connectivity index (χ1) is 4.74. The molecule has 0 amide bonds. The Hall–Kier alpha value is -0.120. The summed E-state index contributed by atoms with van der Waals surface area (Å²) in [5, 5.41) is 9.23. The van der Waals surface area contributed by atoms with Gasteiger partial charge in [0.25, 0.3) is 0 Å². The first-order valence-corrected chi connectivity index (χ1v) is 3.87. The van der Waals surface area contributed by atoms with Gasteiger partial charge in [0.05, 0.1) is 6.10 Å². The van der Waals surface area contributed by atoms with E-state index < -0.39 is 0 Å². The molecule has 0 spiro atoms. The van der Waals surface area contributed by atoms with Crippen molar-refractivity contribution in [1.82, 2.24) is 0 Å². The molecule has 60 valence electrons. The van der Waals surface area contributed by atoms with Gasteiger partial charge in [-0.25, -0.2) is 0 Å². The quantitative estimate of drug-likeness (QED) is 0.461. The molecule has 0 aliphatic heterocycles. The molecule has 3 unspecified atom stereocenters. The molecule has 0 heterocycles. The molecule has 0 aromatic heterocycles. The third kappa shape index (κ3) is 1.68. The Morgan fingerprint density at radius 3 is 2.60 bits per heavy atom. The second-order valence-electron chi connectivity index (χ2n) is 3.15. The molecule has 0 bridgehead atoms. The van der Waals surface area contributed by atoms with Crippen molar-refractivity contribution in [1.29, 1.82) is 0 Å². The highest BCUT2D eigenvalue weighted by Crippen LogP contribution is 2.22. The molecular weight excluding hydrogens is 128 g/mol. The van der Waals surface area contributed by atoms with Crippen LogP contribution in [0.25, 0.3) is 0 Å². The number of aliphatic hydroxyl groups is 1. The summed E-state index contributed by atoms with van der Waals surface area (Å²) in [5.74, 6) is 0.540. The van der Waals surface area contributed by atoms with Gasteiger partial charge in [-0.1, -0.05) is 0 Å². The summed E-state index contributed by atoms with van der Waals surface area (Å²) in [6.07, 6.45) is 2.45. The molecule has 3 heteroatoms. The van der Waals surface area contributed by atoms with Crippen LogP contribution in [0.1, 0.15) is 19.3 Å². The van der Waals surface area contributed by atoms with Crippen molar-refractivity contribution in [3.8, 4) is 0 Å². The summed E-state index contributed by atoms with van der Waals surface area (Å²) in [5.41, 5.74) is 11.1. The predicted molar refractivity (Wildman–Crippen MR) is 40.4 cm³/mol. The molecule has 0 radical (unpaired) electrons. The number of hydrogen-bond acceptors (Lipinski definition) is 3. The smallest absolute Gasteiger partial charge is 0.0691 e. The Morgan fingerprint density at radius 2 is 2.10 bits per heavy atom. The summed E-state index contributed by atoms with van der Waals surface area (Å²) >= 11 is 0. The molecule has 1 saturated carbocycles. The fourth-order valence-corrected chi connectivity index (χ4v) is 1.49. The van der Waals surface area contributed by atoms with Gasteiger partial charge in [0.1, 0.15) is 0 Å². The van der Waals surface area contributed by atoms with Crippen molar-refractivity contribution in [2.24, 2.45) is 17.4 Å². The van der Waals surface area contributed by atoms with Crippen LogP contribution in [-0.2, 0) is 0 Å². The maximum Gasteiger partial charge on any atom is 0.0691 e. The lowest BCUT2D eigenvalue weighted by Gasteiger charge is -2.29. The Labute approximate surface area is 61.4 Å². The van der Waals surface area contributed by atoms with Crippen molar-refractivity contribution in [2.45, 2.75) is 31.4 Å². The second-order valence-corrected chi connectivity index (χ2v) is 3.15. The molecule has 3 nitrogen and oxygen atoms in total. The maximum atomic E-state index is 9.23. The zero-order valence-corrected chi connectivity index (χ0v) is 6.16. The van der Waals surface area contributed by atoms with E-state index in [9.17, 15) is 5.11 Å². The third-order valence-electron chi connectivity index (χ3n) is 2.30. The van der Waals surface area contributed by atoms with Crippen LogP contribution in [0.15, 0.2) is 0 Å². The highest BCUT2D eigenvalue weighted by Gasteiger charge is 2.24. The molecule has 3 atom stereocenters. The van der Waals surface area contributed by atoms with Crippen LogP contribution in [0.5, 0.6) is 0 Å². The van der Waals surface area contributed by atoms with Crippen molar-refractivity contribution in [3.63, 3.8) is 0 Å². The monoisotopic (exact) mass is 144 g/mol. The Balaban J connectivity index is 2.33. The Morgan fingerprint density at radius 1 is 1.40 bits per heavy atom. The minimum Gasteiger partial charge on any atom is -0.392 e. The third-order valence-corrected chi connectivity index (χ3v) is 2.30. The molecule has 1 aliphatic carbocycles. The summed E-state index contributed by atoms with van der Waals surface area (Å²) in [6, 6.07) is -0.0395. The summed E-state index contributed by atoms with van der Waals surface area (Å²) < 4.78 is 0. The number of hydrogen-bond donors (Lipinski definition) is 3. The van der Waals surface area contributed by atoms with Gasteiger partial charge in [0.15, 0.2) is 0 Å². The molecule has 10 heavy (non-hydrogen) atoms. The van der Waals surface area contributed by atoms with E-state index in [1.165, 1.54) is 0 Å². The van der Waals surface area contributed by atoms with E-state index in [0.717, 1.165) is 19.3 Å². The largest absolute Gasteiger partial charge is 0.392 e. The van der Waals surface area contributed by atoms with Gasteiger partial charge in [-0.2, -0.15) is 0 Å². The van der Waals surface area contributed by atoms with Crippen LogP contribution in [0.3, 0.4) is 0 Å². The fraction of sp³-hybridized carbons (Fsp3) is 1.00. The van der Waals surface area contributed by atoms with E-state index >= 15 is 0 Å². The zero-order valence-electron chi connectivity index (χ0n) is 6.16. The van der Waals surface area contributed by atoms with Gasteiger partial charge in [0, 0.05) is 6.04 Å². The molecule has 5 N–H and O–H groups in total. The molecular formula is C7H16N2O. The second kappa shape index (κ2) is 3.32. The average Bonchev–Trinajstić information content (AvgIpc) is 1.95.